The van der Waals surface area contributed by atoms with Gasteiger partial charge in [0, 0.05) is 44.2 Å². The number of aromatic nitrogens is 2. The molecule has 7 nitrogen and oxygen atoms in total. The van der Waals surface area contributed by atoms with Gasteiger partial charge >= 0.3 is 0 Å². The molecule has 1 aliphatic heterocycles. The zero-order valence-corrected chi connectivity index (χ0v) is 19.2. The lowest BCUT2D eigenvalue weighted by molar-refractivity contribution is -0.142. The van der Waals surface area contributed by atoms with Crippen molar-refractivity contribution in [2.75, 3.05) is 37.6 Å². The van der Waals surface area contributed by atoms with Crippen molar-refractivity contribution in [3.63, 3.8) is 0 Å². The summed E-state index contributed by atoms with van der Waals surface area (Å²) in [6.07, 6.45) is 1.24. The molecule has 1 aromatic heterocycles. The maximum Gasteiger partial charge on any atom is 0.242 e. The number of carbonyl (C=O) groups excluding carboxylic acids is 2. The van der Waals surface area contributed by atoms with Crippen molar-refractivity contribution >= 4 is 29.2 Å². The molecule has 166 valence electrons. The van der Waals surface area contributed by atoms with Crippen molar-refractivity contribution in [2.24, 2.45) is 0 Å². The lowest BCUT2D eigenvalue weighted by atomic mass is 10.1. The van der Waals surface area contributed by atoms with Gasteiger partial charge in [-0.2, -0.15) is 0 Å². The van der Waals surface area contributed by atoms with Gasteiger partial charge < -0.3 is 14.7 Å². The predicted octanol–water partition coefficient (Wildman–Crippen LogP) is 3.48. The molecule has 0 radical (unpaired) electrons. The zero-order chi connectivity index (χ0) is 22.4. The van der Waals surface area contributed by atoms with Gasteiger partial charge in [-0.25, -0.2) is 0 Å². The first-order valence-electron chi connectivity index (χ1n) is 10.8. The number of carbonyl (C=O) groups is 2. The highest BCUT2D eigenvalue weighted by Gasteiger charge is 2.26. The third kappa shape index (κ3) is 5.53. The van der Waals surface area contributed by atoms with E-state index in [-0.39, 0.29) is 24.4 Å². The topological polar surface area (TPSA) is 69.6 Å². The molecule has 31 heavy (non-hydrogen) atoms. The minimum atomic E-state index is 0.00176. The van der Waals surface area contributed by atoms with Gasteiger partial charge in [0.1, 0.15) is 0 Å². The van der Waals surface area contributed by atoms with Crippen LogP contribution in [0.2, 0.25) is 5.02 Å². The minimum absolute atomic E-state index is 0.00176. The lowest BCUT2D eigenvalue weighted by Gasteiger charge is -2.37. The molecular weight excluding hydrogens is 414 g/mol. The summed E-state index contributed by atoms with van der Waals surface area (Å²) in [7, 11) is 0. The summed E-state index contributed by atoms with van der Waals surface area (Å²) in [6.45, 7) is 8.55. The van der Waals surface area contributed by atoms with Crippen LogP contribution in [0.15, 0.2) is 36.4 Å². The fraction of sp³-hybridized carbons (Fsp3) is 0.478. The Bertz CT molecular complexity index is 897. The lowest BCUT2D eigenvalue weighted by Crippen LogP contribution is -2.53. The van der Waals surface area contributed by atoms with Crippen molar-refractivity contribution in [3.05, 3.63) is 41.4 Å². The third-order valence-corrected chi connectivity index (χ3v) is 6.14. The summed E-state index contributed by atoms with van der Waals surface area (Å²) >= 11 is 6.25. The molecular formula is C23H30ClN5O2. The average Bonchev–Trinajstić information content (AvgIpc) is 2.82. The molecule has 1 unspecified atom stereocenters. The van der Waals surface area contributed by atoms with Crippen LogP contribution in [0.4, 0.5) is 5.82 Å². The smallest absolute Gasteiger partial charge is 0.242 e. The van der Waals surface area contributed by atoms with Crippen molar-refractivity contribution in [1.29, 1.82) is 0 Å². The van der Waals surface area contributed by atoms with Gasteiger partial charge in [0.2, 0.25) is 11.8 Å². The summed E-state index contributed by atoms with van der Waals surface area (Å²) in [6, 6.07) is 11.5. The summed E-state index contributed by atoms with van der Waals surface area (Å²) in [5, 5.41) is 9.35. The molecule has 2 aromatic rings. The third-order valence-electron chi connectivity index (χ3n) is 5.81. The van der Waals surface area contributed by atoms with Gasteiger partial charge in [0.15, 0.2) is 5.82 Å². The standard InChI is InChI=1S/C23H30ClN5O2/c1-4-17(3)29(22(30)5-2)16-23(31)28-14-12-27(13-15-28)21-11-10-20(25-26-21)18-8-6-7-9-19(18)24/h6-11,17H,4-5,12-16H2,1-3H3. The first kappa shape index (κ1) is 23.0. The Balaban J connectivity index is 1.58. The first-order valence-corrected chi connectivity index (χ1v) is 11.2. The molecule has 3 rings (SSSR count). The highest BCUT2D eigenvalue weighted by Crippen LogP contribution is 2.26. The number of anilines is 1. The molecule has 1 aliphatic rings. The fourth-order valence-electron chi connectivity index (χ4n) is 3.65. The summed E-state index contributed by atoms with van der Waals surface area (Å²) in [4.78, 5) is 30.7. The van der Waals surface area contributed by atoms with Crippen LogP contribution in [-0.2, 0) is 9.59 Å². The van der Waals surface area contributed by atoms with Gasteiger partial charge in [-0.1, -0.05) is 43.6 Å². The molecule has 0 aliphatic carbocycles. The number of nitrogens with zero attached hydrogens (tertiary/aromatic N) is 5. The Morgan fingerprint density at radius 2 is 1.77 bits per heavy atom. The largest absolute Gasteiger partial charge is 0.352 e. The Labute approximate surface area is 189 Å². The fourth-order valence-corrected chi connectivity index (χ4v) is 3.88. The van der Waals surface area contributed by atoms with E-state index in [1.54, 1.807) is 4.90 Å². The van der Waals surface area contributed by atoms with E-state index in [1.165, 1.54) is 0 Å². The van der Waals surface area contributed by atoms with Crippen molar-refractivity contribution in [1.82, 2.24) is 20.0 Å². The van der Waals surface area contributed by atoms with Crippen molar-refractivity contribution in [2.45, 2.75) is 39.7 Å². The second-order valence-corrected chi connectivity index (χ2v) is 8.16. The van der Waals surface area contributed by atoms with E-state index in [0.29, 0.717) is 37.6 Å². The van der Waals surface area contributed by atoms with E-state index in [0.717, 1.165) is 23.5 Å². The molecule has 0 N–H and O–H groups in total. The molecule has 8 heteroatoms. The number of benzene rings is 1. The minimum Gasteiger partial charge on any atom is -0.352 e. The molecule has 1 aromatic carbocycles. The first-order chi connectivity index (χ1) is 14.9. The maximum atomic E-state index is 12.8. The summed E-state index contributed by atoms with van der Waals surface area (Å²) < 4.78 is 0. The van der Waals surface area contributed by atoms with E-state index < -0.39 is 0 Å². The van der Waals surface area contributed by atoms with E-state index in [9.17, 15) is 9.59 Å². The normalized spacial score (nSPS) is 15.0. The zero-order valence-electron chi connectivity index (χ0n) is 18.4. The number of piperazine rings is 1. The van der Waals surface area contributed by atoms with Crippen LogP contribution in [0.25, 0.3) is 11.3 Å². The maximum absolute atomic E-state index is 12.8. The number of amides is 2. The molecule has 2 heterocycles. The van der Waals surface area contributed by atoms with E-state index in [1.807, 2.05) is 62.1 Å². The van der Waals surface area contributed by atoms with Crippen molar-refractivity contribution < 1.29 is 9.59 Å². The Morgan fingerprint density at radius 3 is 2.35 bits per heavy atom. The van der Waals surface area contributed by atoms with Crippen LogP contribution in [0.3, 0.4) is 0 Å². The van der Waals surface area contributed by atoms with Crippen LogP contribution in [0.5, 0.6) is 0 Å². The summed E-state index contributed by atoms with van der Waals surface area (Å²) in [5.41, 5.74) is 1.58. The highest BCUT2D eigenvalue weighted by molar-refractivity contribution is 6.33. The van der Waals surface area contributed by atoms with E-state index in [4.69, 9.17) is 11.6 Å². The number of rotatable bonds is 7. The van der Waals surface area contributed by atoms with Gasteiger partial charge in [-0.15, -0.1) is 10.2 Å². The van der Waals surface area contributed by atoms with Crippen LogP contribution in [0.1, 0.15) is 33.6 Å². The van der Waals surface area contributed by atoms with E-state index in [2.05, 4.69) is 15.1 Å². The molecule has 1 saturated heterocycles. The molecule has 0 saturated carbocycles. The average molecular weight is 444 g/mol. The van der Waals surface area contributed by atoms with Gasteiger partial charge in [-0.3, -0.25) is 9.59 Å². The molecule has 0 bridgehead atoms. The second kappa shape index (κ2) is 10.6. The Hall–Kier alpha value is -2.67. The second-order valence-electron chi connectivity index (χ2n) is 7.76. The van der Waals surface area contributed by atoms with Gasteiger partial charge in [-0.05, 0) is 31.5 Å². The van der Waals surface area contributed by atoms with Gasteiger partial charge in [0.25, 0.3) is 0 Å². The Kier molecular flexibility index (Phi) is 7.85. The SMILES string of the molecule is CCC(=O)N(CC(=O)N1CCN(c2ccc(-c3ccccc3Cl)nn2)CC1)C(C)CC. The van der Waals surface area contributed by atoms with Crippen molar-refractivity contribution in [3.8, 4) is 11.3 Å². The van der Waals surface area contributed by atoms with Gasteiger partial charge in [0.05, 0.1) is 17.3 Å². The van der Waals surface area contributed by atoms with Crippen LogP contribution >= 0.6 is 11.6 Å². The predicted molar refractivity (Wildman–Crippen MR) is 123 cm³/mol. The highest BCUT2D eigenvalue weighted by atomic mass is 35.5. The number of halogens is 1. The van der Waals surface area contributed by atoms with Crippen LogP contribution in [-0.4, -0.2) is 70.6 Å². The quantitative estimate of drug-likeness (QED) is 0.655. The summed E-state index contributed by atoms with van der Waals surface area (Å²) in [5.74, 6) is 0.808. The Morgan fingerprint density at radius 1 is 1.06 bits per heavy atom. The van der Waals surface area contributed by atoms with Crippen LogP contribution in [0, 0.1) is 0 Å². The molecule has 0 spiro atoms. The number of hydrogen-bond acceptors (Lipinski definition) is 5. The molecule has 2 amide bonds. The monoisotopic (exact) mass is 443 g/mol. The number of hydrogen-bond donors (Lipinski definition) is 0. The molecule has 1 fully saturated rings. The molecule has 1 atom stereocenters. The van der Waals surface area contributed by atoms with Crippen LogP contribution < -0.4 is 4.90 Å². The van der Waals surface area contributed by atoms with E-state index >= 15 is 0 Å².